The van der Waals surface area contributed by atoms with Gasteiger partial charge in [0.15, 0.2) is 5.78 Å². The predicted octanol–water partition coefficient (Wildman–Crippen LogP) is 4.78. The Morgan fingerprint density at radius 2 is 1.96 bits per heavy atom. The quantitative estimate of drug-likeness (QED) is 0.423. The summed E-state index contributed by atoms with van der Waals surface area (Å²) in [6.45, 7) is 0.0609. The average molecular weight is 401 g/mol. The highest BCUT2D eigenvalue weighted by Crippen LogP contribution is 2.34. The summed E-state index contributed by atoms with van der Waals surface area (Å²) in [5, 5.41) is 1.28. The third kappa shape index (κ3) is 4.72. The number of rotatable bonds is 7. The zero-order valence-corrected chi connectivity index (χ0v) is 16.4. The normalized spacial score (nSPS) is 10.9. The van der Waals surface area contributed by atoms with Crippen molar-refractivity contribution < 1.29 is 14.3 Å². The van der Waals surface area contributed by atoms with E-state index in [9.17, 15) is 4.79 Å². The summed E-state index contributed by atoms with van der Waals surface area (Å²) in [5.41, 5.74) is 1.70. The molecule has 0 aliphatic rings. The molecule has 0 unspecified atom stereocenters. The second-order valence-corrected chi connectivity index (χ2v) is 7.01. The molecule has 1 heterocycles. The molecule has 0 spiro atoms. The molecule has 2 aromatic carbocycles. The molecule has 0 saturated carbocycles. The van der Waals surface area contributed by atoms with Crippen molar-refractivity contribution in [1.29, 1.82) is 0 Å². The Morgan fingerprint density at radius 1 is 1.19 bits per heavy atom. The summed E-state index contributed by atoms with van der Waals surface area (Å²) in [6.07, 6.45) is 3.24. The molecule has 0 aliphatic heterocycles. The first-order valence-corrected chi connectivity index (χ1v) is 9.27. The lowest BCUT2D eigenvalue weighted by molar-refractivity contribution is 0.101. The second-order valence-electron chi connectivity index (χ2n) is 5.54. The van der Waals surface area contributed by atoms with Crippen LogP contribution in [0.3, 0.4) is 0 Å². The van der Waals surface area contributed by atoms with Crippen molar-refractivity contribution in [3.63, 3.8) is 0 Å². The van der Waals surface area contributed by atoms with E-state index in [1.807, 2.05) is 30.3 Å². The van der Waals surface area contributed by atoms with E-state index in [2.05, 4.69) is 9.98 Å². The lowest BCUT2D eigenvalue weighted by Crippen LogP contribution is -2.01. The molecule has 27 heavy (non-hydrogen) atoms. The van der Waals surface area contributed by atoms with Gasteiger partial charge in [0.05, 0.1) is 24.7 Å². The number of aliphatic imine (C=N–C) groups is 1. The van der Waals surface area contributed by atoms with Crippen molar-refractivity contribution in [2.75, 3.05) is 20.8 Å². The van der Waals surface area contributed by atoms with E-state index < -0.39 is 0 Å². The van der Waals surface area contributed by atoms with Crippen LogP contribution in [0.2, 0.25) is 5.02 Å². The molecule has 0 fully saturated rings. The Balaban J connectivity index is 1.69. The number of carbonyl (C=O) groups is 1. The highest BCUT2D eigenvalue weighted by molar-refractivity contribution is 7.17. The van der Waals surface area contributed by atoms with Gasteiger partial charge in [-0.2, -0.15) is 0 Å². The number of nitrogens with zero attached hydrogens (tertiary/aromatic N) is 2. The van der Waals surface area contributed by atoms with Gasteiger partial charge in [0.1, 0.15) is 23.1 Å². The van der Waals surface area contributed by atoms with Gasteiger partial charge in [-0.3, -0.25) is 9.79 Å². The van der Waals surface area contributed by atoms with Gasteiger partial charge in [-0.05, 0) is 48.0 Å². The number of ketones is 1. The minimum absolute atomic E-state index is 0.0609. The van der Waals surface area contributed by atoms with Gasteiger partial charge in [0, 0.05) is 17.4 Å². The van der Waals surface area contributed by atoms with Crippen LogP contribution in [0.15, 0.2) is 53.7 Å². The number of ether oxygens (including phenoxy) is 2. The third-order valence-corrected chi connectivity index (χ3v) is 5.07. The van der Waals surface area contributed by atoms with E-state index in [4.69, 9.17) is 21.1 Å². The fourth-order valence-electron chi connectivity index (χ4n) is 2.37. The zero-order valence-electron chi connectivity index (χ0n) is 14.8. The van der Waals surface area contributed by atoms with Crippen molar-refractivity contribution in [1.82, 2.24) is 4.98 Å². The van der Waals surface area contributed by atoms with E-state index in [0.29, 0.717) is 20.7 Å². The zero-order chi connectivity index (χ0) is 19.2. The Hall–Kier alpha value is -2.70. The first-order valence-electron chi connectivity index (χ1n) is 8.07. The number of aromatic nitrogens is 1. The maximum atomic E-state index is 12.4. The molecule has 3 aromatic rings. The van der Waals surface area contributed by atoms with Crippen molar-refractivity contribution in [3.8, 4) is 22.1 Å². The SMILES string of the molecule is COc1ccc(C=NCC(=O)c2cnc(-c3ccc(Cl)cc3OC)s2)cc1. The van der Waals surface area contributed by atoms with E-state index in [1.165, 1.54) is 11.3 Å². The van der Waals surface area contributed by atoms with Crippen LogP contribution in [0.4, 0.5) is 0 Å². The molecule has 1 aromatic heterocycles. The van der Waals surface area contributed by atoms with Crippen LogP contribution in [-0.2, 0) is 0 Å². The molecular formula is C20H17ClN2O3S. The molecule has 5 nitrogen and oxygen atoms in total. The first kappa shape index (κ1) is 19.1. The maximum Gasteiger partial charge on any atom is 0.195 e. The largest absolute Gasteiger partial charge is 0.497 e. The summed E-state index contributed by atoms with van der Waals surface area (Å²) in [5.74, 6) is 1.31. The summed E-state index contributed by atoms with van der Waals surface area (Å²) < 4.78 is 10.5. The smallest absolute Gasteiger partial charge is 0.195 e. The molecule has 3 rings (SSSR count). The second kappa shape index (κ2) is 8.79. The Bertz CT molecular complexity index is 968. The van der Waals surface area contributed by atoms with E-state index in [1.54, 1.807) is 38.8 Å². The number of methoxy groups -OCH3 is 2. The van der Waals surface area contributed by atoms with E-state index in [-0.39, 0.29) is 12.3 Å². The van der Waals surface area contributed by atoms with Crippen LogP contribution in [0.1, 0.15) is 15.2 Å². The number of halogens is 1. The van der Waals surface area contributed by atoms with Gasteiger partial charge in [0.25, 0.3) is 0 Å². The van der Waals surface area contributed by atoms with E-state index >= 15 is 0 Å². The molecule has 0 atom stereocenters. The fourth-order valence-corrected chi connectivity index (χ4v) is 3.41. The van der Waals surface area contributed by atoms with Gasteiger partial charge in [-0.25, -0.2) is 4.98 Å². The number of benzene rings is 2. The van der Waals surface area contributed by atoms with Crippen molar-refractivity contribution >= 4 is 34.9 Å². The van der Waals surface area contributed by atoms with Crippen LogP contribution >= 0.6 is 22.9 Å². The maximum absolute atomic E-state index is 12.4. The Morgan fingerprint density at radius 3 is 2.67 bits per heavy atom. The minimum Gasteiger partial charge on any atom is -0.497 e. The average Bonchev–Trinajstić information content (AvgIpc) is 3.18. The molecule has 0 saturated heterocycles. The fraction of sp³-hybridized carbons (Fsp3) is 0.150. The van der Waals surface area contributed by atoms with Crippen molar-refractivity contribution in [2.24, 2.45) is 4.99 Å². The minimum atomic E-state index is -0.0866. The number of thiazole rings is 1. The summed E-state index contributed by atoms with van der Waals surface area (Å²) in [6, 6.07) is 12.8. The van der Waals surface area contributed by atoms with Crippen LogP contribution in [0, 0.1) is 0 Å². The monoisotopic (exact) mass is 400 g/mol. The topological polar surface area (TPSA) is 60.8 Å². The molecular weight excluding hydrogens is 384 g/mol. The number of carbonyl (C=O) groups excluding carboxylic acids is 1. The van der Waals surface area contributed by atoms with Crippen LogP contribution in [-0.4, -0.2) is 37.7 Å². The number of hydrogen-bond donors (Lipinski definition) is 0. The highest BCUT2D eigenvalue weighted by Gasteiger charge is 2.14. The Kier molecular flexibility index (Phi) is 6.21. The van der Waals surface area contributed by atoms with Gasteiger partial charge in [-0.15, -0.1) is 11.3 Å². The first-order chi connectivity index (χ1) is 13.1. The van der Waals surface area contributed by atoms with Crippen molar-refractivity contribution in [3.05, 3.63) is 64.1 Å². The number of Topliss-reactive ketones (excluding diaryl/α,β-unsaturated/α-hetero) is 1. The Labute approximate surface area is 166 Å². The van der Waals surface area contributed by atoms with E-state index in [0.717, 1.165) is 16.9 Å². The van der Waals surface area contributed by atoms with Gasteiger partial charge in [-0.1, -0.05) is 11.6 Å². The summed E-state index contributed by atoms with van der Waals surface area (Å²) in [4.78, 5) is 21.5. The predicted molar refractivity (Wildman–Crippen MR) is 109 cm³/mol. The van der Waals surface area contributed by atoms with Crippen LogP contribution in [0.5, 0.6) is 11.5 Å². The molecule has 0 radical (unpaired) electrons. The van der Waals surface area contributed by atoms with Gasteiger partial charge in [0.2, 0.25) is 0 Å². The summed E-state index contributed by atoms with van der Waals surface area (Å²) in [7, 11) is 3.19. The molecule has 0 bridgehead atoms. The lowest BCUT2D eigenvalue weighted by Gasteiger charge is -2.05. The van der Waals surface area contributed by atoms with Gasteiger partial charge < -0.3 is 9.47 Å². The summed E-state index contributed by atoms with van der Waals surface area (Å²) >= 11 is 7.30. The highest BCUT2D eigenvalue weighted by atomic mass is 35.5. The van der Waals surface area contributed by atoms with Crippen LogP contribution < -0.4 is 9.47 Å². The molecule has 7 heteroatoms. The standard InChI is InChI=1S/C20H17ClN2O3S/c1-25-15-6-3-13(4-7-15)10-22-11-17(24)19-12-23-20(27-19)16-8-5-14(21)9-18(16)26-2/h3-10,12H,11H2,1-2H3. The molecule has 0 aliphatic carbocycles. The molecule has 0 amide bonds. The van der Waals surface area contributed by atoms with Crippen LogP contribution in [0.25, 0.3) is 10.6 Å². The third-order valence-electron chi connectivity index (χ3n) is 3.77. The van der Waals surface area contributed by atoms with Crippen molar-refractivity contribution in [2.45, 2.75) is 0 Å². The lowest BCUT2D eigenvalue weighted by atomic mass is 10.2. The molecule has 0 N–H and O–H groups in total. The molecule has 138 valence electrons. The number of hydrogen-bond acceptors (Lipinski definition) is 6. The van der Waals surface area contributed by atoms with Gasteiger partial charge >= 0.3 is 0 Å².